The molecule has 0 aliphatic carbocycles. The fourth-order valence-corrected chi connectivity index (χ4v) is 3.28. The molecule has 0 spiro atoms. The van der Waals surface area contributed by atoms with Crippen LogP contribution in [-0.2, 0) is 16.2 Å². The maximum absolute atomic E-state index is 12.5. The van der Waals surface area contributed by atoms with E-state index in [-0.39, 0.29) is 12.3 Å². The fourth-order valence-electron chi connectivity index (χ4n) is 2.11. The molecule has 0 radical (unpaired) electrons. The lowest BCUT2D eigenvalue weighted by Gasteiger charge is -2.27. The first-order chi connectivity index (χ1) is 10.4. The van der Waals surface area contributed by atoms with E-state index in [1.807, 2.05) is 4.90 Å². The molecular weight excluding hydrogens is 366 g/mol. The van der Waals surface area contributed by atoms with Gasteiger partial charge < -0.3 is 14.4 Å². The zero-order chi connectivity index (χ0) is 16.2. The Hall–Kier alpha value is -0.703. The summed E-state index contributed by atoms with van der Waals surface area (Å²) in [6, 6.07) is 1.09. The van der Waals surface area contributed by atoms with Gasteiger partial charge in [0.15, 0.2) is 5.82 Å². The Morgan fingerprint density at radius 3 is 2.68 bits per heavy atom. The molecule has 124 valence electrons. The van der Waals surface area contributed by atoms with E-state index in [1.54, 1.807) is 10.8 Å². The molecule has 6 nitrogen and oxygen atoms in total. The molecule has 0 atom stereocenters. The maximum atomic E-state index is 12.5. The second-order valence-corrected chi connectivity index (χ2v) is 13.0. The lowest BCUT2D eigenvalue weighted by Crippen LogP contribution is -2.41. The molecule has 0 aromatic carbocycles. The standard InChI is InChI=1S/C14H24BrN3O3Si/c1-22(2,3)9-8-21-11-18-10-12(15)16-13(14(18)19)17-4-6-20-7-5-17/h10H,4-9,11H2,1-3H3. The minimum atomic E-state index is -1.11. The van der Waals surface area contributed by atoms with Gasteiger partial charge in [0.05, 0.1) is 13.2 Å². The van der Waals surface area contributed by atoms with Gasteiger partial charge in [-0.3, -0.25) is 9.36 Å². The normalized spacial score (nSPS) is 16.1. The summed E-state index contributed by atoms with van der Waals surface area (Å²) in [4.78, 5) is 18.8. The second kappa shape index (κ2) is 7.72. The molecule has 22 heavy (non-hydrogen) atoms. The van der Waals surface area contributed by atoms with Crippen LogP contribution in [0.1, 0.15) is 0 Å². The van der Waals surface area contributed by atoms with Gasteiger partial charge in [-0.1, -0.05) is 19.6 Å². The topological polar surface area (TPSA) is 56.6 Å². The van der Waals surface area contributed by atoms with E-state index >= 15 is 0 Å². The monoisotopic (exact) mass is 389 g/mol. The van der Waals surface area contributed by atoms with Crippen LogP contribution in [0.3, 0.4) is 0 Å². The number of nitrogens with zero attached hydrogens (tertiary/aromatic N) is 3. The number of aromatic nitrogens is 2. The Kier molecular flexibility index (Phi) is 6.19. The largest absolute Gasteiger partial charge is 0.378 e. The summed E-state index contributed by atoms with van der Waals surface area (Å²) in [5, 5.41) is 0. The molecule has 8 heteroatoms. The van der Waals surface area contributed by atoms with Crippen LogP contribution >= 0.6 is 15.9 Å². The van der Waals surface area contributed by atoms with Gasteiger partial charge in [-0.2, -0.15) is 0 Å². The molecule has 2 heterocycles. The van der Waals surface area contributed by atoms with Crippen molar-refractivity contribution in [2.45, 2.75) is 32.4 Å². The summed E-state index contributed by atoms with van der Waals surface area (Å²) in [7, 11) is -1.11. The van der Waals surface area contributed by atoms with Crippen LogP contribution in [0.15, 0.2) is 15.6 Å². The molecule has 1 aliphatic rings. The summed E-state index contributed by atoms with van der Waals surface area (Å²) >= 11 is 3.38. The number of anilines is 1. The van der Waals surface area contributed by atoms with Crippen LogP contribution in [0, 0.1) is 0 Å². The highest BCUT2D eigenvalue weighted by Crippen LogP contribution is 2.13. The van der Waals surface area contributed by atoms with Crippen molar-refractivity contribution in [2.24, 2.45) is 0 Å². The predicted molar refractivity (Wildman–Crippen MR) is 93.3 cm³/mol. The Balaban J connectivity index is 2.05. The van der Waals surface area contributed by atoms with Gasteiger partial charge >= 0.3 is 0 Å². The van der Waals surface area contributed by atoms with Gasteiger partial charge in [0, 0.05) is 34.0 Å². The molecule has 0 unspecified atom stereocenters. The van der Waals surface area contributed by atoms with E-state index in [1.165, 1.54) is 0 Å². The minimum absolute atomic E-state index is 0.113. The van der Waals surface area contributed by atoms with Crippen molar-refractivity contribution in [1.82, 2.24) is 9.55 Å². The van der Waals surface area contributed by atoms with Crippen LogP contribution in [0.5, 0.6) is 0 Å². The predicted octanol–water partition coefficient (Wildman–Crippen LogP) is 2.15. The third-order valence-electron chi connectivity index (χ3n) is 3.46. The first kappa shape index (κ1) is 17.6. The van der Waals surface area contributed by atoms with Gasteiger partial charge in [0.2, 0.25) is 0 Å². The number of rotatable bonds is 6. The molecule has 1 fully saturated rings. The van der Waals surface area contributed by atoms with Crippen LogP contribution in [0.2, 0.25) is 25.7 Å². The van der Waals surface area contributed by atoms with E-state index in [9.17, 15) is 4.79 Å². The van der Waals surface area contributed by atoms with Crippen molar-refractivity contribution in [2.75, 3.05) is 37.8 Å². The van der Waals surface area contributed by atoms with Gasteiger partial charge in [-0.15, -0.1) is 0 Å². The Morgan fingerprint density at radius 2 is 2.05 bits per heavy atom. The number of halogens is 1. The number of morpholine rings is 1. The zero-order valence-corrected chi connectivity index (χ0v) is 16.1. The summed E-state index contributed by atoms with van der Waals surface area (Å²) in [6.45, 7) is 10.5. The molecule has 0 saturated carbocycles. The molecule has 2 rings (SSSR count). The van der Waals surface area contributed by atoms with Crippen molar-refractivity contribution >= 4 is 29.8 Å². The number of hydrogen-bond acceptors (Lipinski definition) is 5. The van der Waals surface area contributed by atoms with Crippen LogP contribution in [0.25, 0.3) is 0 Å². The first-order valence-electron chi connectivity index (χ1n) is 7.54. The summed E-state index contributed by atoms with van der Waals surface area (Å²) in [5.41, 5.74) is -0.113. The van der Waals surface area contributed by atoms with Crippen LogP contribution in [-0.4, -0.2) is 50.5 Å². The van der Waals surface area contributed by atoms with E-state index in [2.05, 4.69) is 40.6 Å². The maximum Gasteiger partial charge on any atom is 0.295 e. The fraction of sp³-hybridized carbons (Fsp3) is 0.714. The molecule has 1 aromatic rings. The third-order valence-corrected chi connectivity index (χ3v) is 5.55. The number of hydrogen-bond donors (Lipinski definition) is 0. The Bertz CT molecular complexity index is 553. The van der Waals surface area contributed by atoms with Crippen LogP contribution < -0.4 is 10.5 Å². The average molecular weight is 390 g/mol. The van der Waals surface area contributed by atoms with Crippen LogP contribution in [0.4, 0.5) is 5.82 Å². The van der Waals surface area contributed by atoms with Crippen molar-refractivity contribution in [3.8, 4) is 0 Å². The smallest absolute Gasteiger partial charge is 0.295 e. The van der Waals surface area contributed by atoms with E-state index < -0.39 is 8.07 Å². The molecule has 1 aromatic heterocycles. The lowest BCUT2D eigenvalue weighted by atomic mass is 10.4. The van der Waals surface area contributed by atoms with Gasteiger partial charge in [0.1, 0.15) is 11.3 Å². The first-order valence-corrected chi connectivity index (χ1v) is 12.0. The summed E-state index contributed by atoms with van der Waals surface area (Å²) < 4.78 is 13.2. The molecule has 0 amide bonds. The minimum Gasteiger partial charge on any atom is -0.378 e. The van der Waals surface area contributed by atoms with Gasteiger partial charge in [-0.05, 0) is 22.0 Å². The van der Waals surface area contributed by atoms with Crippen molar-refractivity contribution in [3.63, 3.8) is 0 Å². The van der Waals surface area contributed by atoms with Crippen molar-refractivity contribution in [1.29, 1.82) is 0 Å². The summed E-state index contributed by atoms with van der Waals surface area (Å²) in [6.07, 6.45) is 1.68. The number of ether oxygens (including phenoxy) is 2. The van der Waals surface area contributed by atoms with Gasteiger partial charge in [-0.25, -0.2) is 4.98 Å². The molecular formula is C14H24BrN3O3Si. The molecule has 0 N–H and O–H groups in total. The highest BCUT2D eigenvalue weighted by Gasteiger charge is 2.18. The molecule has 0 bridgehead atoms. The second-order valence-electron chi connectivity index (χ2n) is 6.61. The third kappa shape index (κ3) is 5.19. The zero-order valence-electron chi connectivity index (χ0n) is 13.5. The highest BCUT2D eigenvalue weighted by atomic mass is 79.9. The molecule has 1 saturated heterocycles. The Labute approximate surface area is 140 Å². The summed E-state index contributed by atoms with van der Waals surface area (Å²) in [5.74, 6) is 0.464. The van der Waals surface area contributed by atoms with E-state index in [0.717, 1.165) is 6.04 Å². The average Bonchev–Trinajstić information content (AvgIpc) is 2.46. The lowest BCUT2D eigenvalue weighted by molar-refractivity contribution is 0.0842. The van der Waals surface area contributed by atoms with Crippen molar-refractivity contribution < 1.29 is 9.47 Å². The van der Waals surface area contributed by atoms with E-state index in [0.29, 0.717) is 43.3 Å². The van der Waals surface area contributed by atoms with Gasteiger partial charge in [0.25, 0.3) is 5.56 Å². The molecule has 1 aliphatic heterocycles. The Morgan fingerprint density at radius 1 is 1.36 bits per heavy atom. The highest BCUT2D eigenvalue weighted by molar-refractivity contribution is 9.10. The quantitative estimate of drug-likeness (QED) is 0.550. The SMILES string of the molecule is C[Si](C)(C)CCOCn1cc(Br)nc(N2CCOCC2)c1=O. The van der Waals surface area contributed by atoms with Crippen molar-refractivity contribution in [3.05, 3.63) is 21.2 Å². The van der Waals surface area contributed by atoms with E-state index in [4.69, 9.17) is 9.47 Å².